The molecule has 3 amide bonds. The summed E-state index contributed by atoms with van der Waals surface area (Å²) < 4.78 is 14.4. The highest BCUT2D eigenvalue weighted by Crippen LogP contribution is 2.52. The Morgan fingerprint density at radius 1 is 1.06 bits per heavy atom. The molecule has 0 N–H and O–H groups in total. The first-order valence-corrected chi connectivity index (χ1v) is 10.2. The van der Waals surface area contributed by atoms with Crippen molar-refractivity contribution in [3.8, 4) is 0 Å². The normalized spacial score (nSPS) is 25.3. The summed E-state index contributed by atoms with van der Waals surface area (Å²) in [5.74, 6) is -3.58. The van der Waals surface area contributed by atoms with Crippen molar-refractivity contribution in [3.63, 3.8) is 0 Å². The molecule has 32 heavy (non-hydrogen) atoms. The van der Waals surface area contributed by atoms with E-state index in [4.69, 9.17) is 0 Å². The van der Waals surface area contributed by atoms with Crippen LogP contribution in [0.15, 0.2) is 60.7 Å². The summed E-state index contributed by atoms with van der Waals surface area (Å²) in [6, 6.07) is 10.8. The Labute approximate surface area is 182 Å². The number of allylic oxidation sites excluding steroid dienone is 2. The molecule has 1 heterocycles. The van der Waals surface area contributed by atoms with Crippen molar-refractivity contribution in [1.29, 1.82) is 0 Å². The lowest BCUT2D eigenvalue weighted by Crippen LogP contribution is -2.50. The maximum absolute atomic E-state index is 14.4. The minimum Gasteiger partial charge on any atom is -0.272 e. The van der Waals surface area contributed by atoms with Gasteiger partial charge in [0.1, 0.15) is 5.82 Å². The molecule has 3 aliphatic rings. The highest BCUT2D eigenvalue weighted by atomic mass is 19.1. The van der Waals surface area contributed by atoms with Gasteiger partial charge in [-0.1, -0.05) is 36.4 Å². The fourth-order valence-corrected chi connectivity index (χ4v) is 5.05. The summed E-state index contributed by atoms with van der Waals surface area (Å²) in [4.78, 5) is 50.5. The molecule has 1 aliphatic heterocycles. The molecule has 2 aromatic rings. The van der Waals surface area contributed by atoms with Gasteiger partial charge in [0, 0.05) is 23.3 Å². The first-order chi connectivity index (χ1) is 15.4. The summed E-state index contributed by atoms with van der Waals surface area (Å²) in [7, 11) is 0. The van der Waals surface area contributed by atoms with Crippen LogP contribution in [0.4, 0.5) is 10.1 Å². The maximum Gasteiger partial charge on any atom is 0.273 e. The molecule has 0 unspecified atom stereocenters. The summed E-state index contributed by atoms with van der Waals surface area (Å²) in [5, 5.41) is 12.9. The molecule has 1 saturated carbocycles. The molecule has 8 nitrogen and oxygen atoms in total. The summed E-state index contributed by atoms with van der Waals surface area (Å²) in [5.41, 5.74) is -0.265. The molecule has 2 aliphatic carbocycles. The lowest BCUT2D eigenvalue weighted by atomic mass is 9.85. The van der Waals surface area contributed by atoms with Crippen molar-refractivity contribution < 1.29 is 23.7 Å². The van der Waals surface area contributed by atoms with Gasteiger partial charge in [0.05, 0.1) is 23.3 Å². The van der Waals surface area contributed by atoms with Gasteiger partial charge in [0.2, 0.25) is 0 Å². The van der Waals surface area contributed by atoms with Crippen molar-refractivity contribution in [2.75, 3.05) is 0 Å². The van der Waals surface area contributed by atoms with Gasteiger partial charge < -0.3 is 0 Å². The third-order valence-electron chi connectivity index (χ3n) is 6.50. The van der Waals surface area contributed by atoms with Crippen LogP contribution in [0.25, 0.3) is 0 Å². The van der Waals surface area contributed by atoms with Gasteiger partial charge in [-0.15, -0.1) is 0 Å². The number of halogens is 1. The van der Waals surface area contributed by atoms with E-state index in [1.807, 2.05) is 12.2 Å². The highest BCUT2D eigenvalue weighted by molar-refractivity contribution is 6.08. The van der Waals surface area contributed by atoms with Crippen molar-refractivity contribution >= 4 is 23.4 Å². The van der Waals surface area contributed by atoms with E-state index >= 15 is 0 Å². The zero-order chi connectivity index (χ0) is 22.6. The maximum atomic E-state index is 14.4. The van der Waals surface area contributed by atoms with E-state index in [9.17, 15) is 28.9 Å². The van der Waals surface area contributed by atoms with E-state index < -0.39 is 40.3 Å². The van der Waals surface area contributed by atoms with Gasteiger partial charge in [-0.3, -0.25) is 24.5 Å². The van der Waals surface area contributed by atoms with Gasteiger partial charge in [-0.25, -0.2) is 9.40 Å². The van der Waals surface area contributed by atoms with Gasteiger partial charge in [-0.05, 0) is 30.4 Å². The quantitative estimate of drug-likeness (QED) is 0.311. The molecule has 2 aromatic carbocycles. The Bertz CT molecular complexity index is 1170. The number of nitro groups is 1. The first kappa shape index (κ1) is 20.0. The summed E-state index contributed by atoms with van der Waals surface area (Å²) >= 11 is 0. The Hall–Kier alpha value is -3.88. The van der Waals surface area contributed by atoms with E-state index in [-0.39, 0.29) is 35.2 Å². The molecule has 0 aromatic heterocycles. The Morgan fingerprint density at radius 3 is 2.34 bits per heavy atom. The number of nitro benzene ring substituents is 1. The molecule has 162 valence electrons. The molecule has 1 saturated heterocycles. The minimum atomic E-state index is -0.793. The highest BCUT2D eigenvalue weighted by Gasteiger charge is 2.61. The number of non-ortho nitro benzene ring substituents is 1. The van der Waals surface area contributed by atoms with Gasteiger partial charge in [-0.2, -0.15) is 5.01 Å². The lowest BCUT2D eigenvalue weighted by Gasteiger charge is -2.31. The van der Waals surface area contributed by atoms with Crippen LogP contribution in [0.5, 0.6) is 0 Å². The molecular weight excluding hydrogens is 417 g/mol. The fourth-order valence-electron chi connectivity index (χ4n) is 5.05. The van der Waals surface area contributed by atoms with E-state index in [0.717, 1.165) is 22.5 Å². The second kappa shape index (κ2) is 7.37. The van der Waals surface area contributed by atoms with Gasteiger partial charge in [0.15, 0.2) is 0 Å². The largest absolute Gasteiger partial charge is 0.273 e. The second-order valence-corrected chi connectivity index (χ2v) is 8.25. The standard InChI is InChI=1S/C23H18FN3O5/c24-18-7-2-1-4-16(18)12-25(21(28)15-5-3-6-17(11-15)27(31)32)26-22(29)19-13-8-9-14(10-13)20(19)23(26)30/h1-9,11,13-14,19-20H,10,12H2/t13-,14-,19-,20-/m0/s1. The fraction of sp³-hybridized carbons (Fsp3) is 0.261. The van der Waals surface area contributed by atoms with Crippen LogP contribution in [0.3, 0.4) is 0 Å². The molecule has 0 spiro atoms. The third kappa shape index (κ3) is 3.00. The minimum absolute atomic E-state index is 0.0605. The van der Waals surface area contributed by atoms with Crippen LogP contribution >= 0.6 is 0 Å². The number of carbonyl (C=O) groups excluding carboxylic acids is 3. The number of amides is 3. The monoisotopic (exact) mass is 435 g/mol. The van der Waals surface area contributed by atoms with Crippen molar-refractivity contribution in [1.82, 2.24) is 10.0 Å². The van der Waals surface area contributed by atoms with Crippen LogP contribution in [-0.4, -0.2) is 32.7 Å². The molecule has 5 rings (SSSR count). The number of imide groups is 1. The number of fused-ring (bicyclic) bond motifs is 5. The van der Waals surface area contributed by atoms with Crippen LogP contribution in [0.2, 0.25) is 0 Å². The Morgan fingerprint density at radius 2 is 1.72 bits per heavy atom. The number of hydrazine groups is 1. The predicted molar refractivity (Wildman–Crippen MR) is 109 cm³/mol. The molecule has 4 atom stereocenters. The zero-order valence-corrected chi connectivity index (χ0v) is 16.8. The van der Waals surface area contributed by atoms with Crippen molar-refractivity contribution in [3.05, 3.63) is 87.7 Å². The van der Waals surface area contributed by atoms with E-state index in [1.54, 1.807) is 6.07 Å². The molecular formula is C23H18FN3O5. The SMILES string of the molecule is O=C(c1cccc([N+](=O)[O-])c1)N(Cc1ccccc1F)N1C(=O)[C@@H]2[C@@H](C1=O)[C@H]1C=C[C@H]2C1. The number of hydrogen-bond acceptors (Lipinski definition) is 5. The third-order valence-corrected chi connectivity index (χ3v) is 6.50. The Balaban J connectivity index is 1.55. The molecule has 2 bridgehead atoms. The number of hydrogen-bond donors (Lipinski definition) is 0. The predicted octanol–water partition coefficient (Wildman–Crippen LogP) is 3.10. The number of rotatable bonds is 5. The summed E-state index contributed by atoms with van der Waals surface area (Å²) in [6.07, 6.45) is 4.60. The van der Waals surface area contributed by atoms with E-state index in [1.165, 1.54) is 36.4 Å². The molecule has 0 radical (unpaired) electrons. The van der Waals surface area contributed by atoms with E-state index in [0.29, 0.717) is 0 Å². The second-order valence-electron chi connectivity index (χ2n) is 8.25. The van der Waals surface area contributed by atoms with Gasteiger partial charge in [0.25, 0.3) is 23.4 Å². The molecule has 9 heteroatoms. The van der Waals surface area contributed by atoms with Crippen LogP contribution < -0.4 is 0 Å². The van der Waals surface area contributed by atoms with Crippen molar-refractivity contribution in [2.24, 2.45) is 23.7 Å². The van der Waals surface area contributed by atoms with Gasteiger partial charge >= 0.3 is 0 Å². The average Bonchev–Trinajstić information content (AvgIpc) is 3.47. The first-order valence-electron chi connectivity index (χ1n) is 10.2. The average molecular weight is 435 g/mol. The molecule has 2 fully saturated rings. The van der Waals surface area contributed by atoms with Crippen LogP contribution in [0, 0.1) is 39.6 Å². The van der Waals surface area contributed by atoms with E-state index in [2.05, 4.69) is 0 Å². The van der Waals surface area contributed by atoms with Crippen LogP contribution in [-0.2, 0) is 16.1 Å². The lowest BCUT2D eigenvalue weighted by molar-refractivity contribution is -0.384. The smallest absolute Gasteiger partial charge is 0.272 e. The topological polar surface area (TPSA) is 101 Å². The zero-order valence-electron chi connectivity index (χ0n) is 16.8. The van der Waals surface area contributed by atoms with Crippen LogP contribution in [0.1, 0.15) is 22.3 Å². The summed E-state index contributed by atoms with van der Waals surface area (Å²) in [6.45, 7) is -0.367. The number of nitrogens with zero attached hydrogens (tertiary/aromatic N) is 3. The Kier molecular flexibility index (Phi) is 4.61. The number of carbonyl (C=O) groups is 3. The van der Waals surface area contributed by atoms with Crippen molar-refractivity contribution in [2.45, 2.75) is 13.0 Å². The number of benzene rings is 2.